The average Bonchev–Trinajstić information content (AvgIpc) is 3.12. The molecular weight excluding hydrogens is 393 g/mol. The van der Waals surface area contributed by atoms with Crippen molar-refractivity contribution in [1.82, 2.24) is 4.57 Å². The number of hydrogen-bond acceptors (Lipinski definition) is 2. The monoisotopic (exact) mass is 413 g/mol. The molecule has 5 heteroatoms. The van der Waals surface area contributed by atoms with Crippen LogP contribution in [0.25, 0.3) is 22.0 Å². The van der Waals surface area contributed by atoms with E-state index in [1.54, 1.807) is 16.7 Å². The van der Waals surface area contributed by atoms with Crippen LogP contribution in [0.5, 0.6) is 0 Å². The second kappa shape index (κ2) is 7.51. The highest BCUT2D eigenvalue weighted by atomic mass is 19.1. The predicted octanol–water partition coefficient (Wildman–Crippen LogP) is 5.33. The maximum Gasteiger partial charge on any atom is 0.306 e. The molecule has 1 atom stereocenters. The highest BCUT2D eigenvalue weighted by Crippen LogP contribution is 2.40. The minimum atomic E-state index is -0.861. The van der Waals surface area contributed by atoms with Crippen molar-refractivity contribution in [3.8, 4) is 11.1 Å². The molecular formula is C26H20FNO3. The van der Waals surface area contributed by atoms with Crippen LogP contribution < -0.4 is 0 Å². The molecule has 1 N–H and O–H groups in total. The topological polar surface area (TPSA) is 59.3 Å². The lowest BCUT2D eigenvalue weighted by Gasteiger charge is -2.20. The van der Waals surface area contributed by atoms with Gasteiger partial charge in [0.15, 0.2) is 0 Å². The molecule has 31 heavy (non-hydrogen) atoms. The number of fused-ring (bicyclic) bond motifs is 3. The van der Waals surface area contributed by atoms with Crippen molar-refractivity contribution in [3.63, 3.8) is 0 Å². The van der Waals surface area contributed by atoms with E-state index in [9.17, 15) is 19.1 Å². The summed E-state index contributed by atoms with van der Waals surface area (Å²) in [5.41, 5.74) is 4.14. The van der Waals surface area contributed by atoms with E-state index < -0.39 is 17.7 Å². The first kappa shape index (κ1) is 19.2. The summed E-state index contributed by atoms with van der Waals surface area (Å²) < 4.78 is 16.4. The van der Waals surface area contributed by atoms with E-state index in [4.69, 9.17) is 0 Å². The van der Waals surface area contributed by atoms with Crippen LogP contribution in [0.3, 0.4) is 0 Å². The Kier molecular flexibility index (Phi) is 4.66. The molecule has 1 unspecified atom stereocenters. The maximum atomic E-state index is 14.7. The Hall–Kier alpha value is -3.73. The van der Waals surface area contributed by atoms with Crippen molar-refractivity contribution >= 4 is 22.8 Å². The van der Waals surface area contributed by atoms with Crippen LogP contribution in [0, 0.1) is 11.7 Å². The van der Waals surface area contributed by atoms with E-state index in [-0.39, 0.29) is 12.3 Å². The minimum Gasteiger partial charge on any atom is -0.481 e. The number of carboxylic acid groups (broad SMARTS) is 1. The van der Waals surface area contributed by atoms with Crippen molar-refractivity contribution in [3.05, 3.63) is 95.4 Å². The maximum absolute atomic E-state index is 14.7. The molecule has 154 valence electrons. The van der Waals surface area contributed by atoms with E-state index in [0.29, 0.717) is 34.9 Å². The third-order valence-corrected chi connectivity index (χ3v) is 6.08. The van der Waals surface area contributed by atoms with Crippen LogP contribution >= 0.6 is 0 Å². The Morgan fingerprint density at radius 3 is 2.32 bits per heavy atom. The lowest BCUT2D eigenvalue weighted by Crippen LogP contribution is -2.24. The van der Waals surface area contributed by atoms with E-state index in [0.717, 1.165) is 16.8 Å². The van der Waals surface area contributed by atoms with Crippen LogP contribution in [0.2, 0.25) is 0 Å². The zero-order valence-electron chi connectivity index (χ0n) is 16.7. The average molecular weight is 413 g/mol. The Labute approximate surface area is 178 Å². The summed E-state index contributed by atoms with van der Waals surface area (Å²) in [6.07, 6.45) is 1.19. The summed E-state index contributed by atoms with van der Waals surface area (Å²) in [4.78, 5) is 25.3. The summed E-state index contributed by atoms with van der Waals surface area (Å²) in [5.74, 6) is -2.00. The van der Waals surface area contributed by atoms with Crippen molar-refractivity contribution in [2.75, 3.05) is 0 Å². The molecule has 0 fully saturated rings. The Balaban J connectivity index is 1.84. The SMILES string of the molecule is O=C(O)C1CCc2c(c3cc(F)cc(-c4ccccc4)c3n2C(=O)c2ccccc2)C1. The van der Waals surface area contributed by atoms with Gasteiger partial charge in [-0.3, -0.25) is 14.2 Å². The van der Waals surface area contributed by atoms with E-state index in [2.05, 4.69) is 0 Å². The number of carbonyl (C=O) groups excluding carboxylic acids is 1. The van der Waals surface area contributed by atoms with Crippen LogP contribution in [-0.2, 0) is 17.6 Å². The summed E-state index contributed by atoms with van der Waals surface area (Å²) in [6, 6.07) is 21.3. The molecule has 0 saturated carbocycles. The fraction of sp³-hybridized carbons (Fsp3) is 0.154. The number of nitrogens with zero attached hydrogens (tertiary/aromatic N) is 1. The van der Waals surface area contributed by atoms with Gasteiger partial charge in [-0.1, -0.05) is 48.5 Å². The zero-order chi connectivity index (χ0) is 21.5. The van der Waals surface area contributed by atoms with Gasteiger partial charge in [0.2, 0.25) is 0 Å². The highest BCUT2D eigenvalue weighted by molar-refractivity contribution is 6.08. The Morgan fingerprint density at radius 2 is 1.65 bits per heavy atom. The van der Waals surface area contributed by atoms with Crippen LogP contribution in [-0.4, -0.2) is 21.6 Å². The second-order valence-electron chi connectivity index (χ2n) is 7.93. The van der Waals surface area contributed by atoms with Crippen molar-refractivity contribution in [2.45, 2.75) is 19.3 Å². The van der Waals surface area contributed by atoms with Crippen LogP contribution in [0.15, 0.2) is 72.8 Å². The fourth-order valence-corrected chi connectivity index (χ4v) is 4.63. The molecule has 0 aliphatic heterocycles. The first-order valence-electron chi connectivity index (χ1n) is 10.3. The molecule has 3 aromatic carbocycles. The summed E-state index contributed by atoms with van der Waals surface area (Å²) in [7, 11) is 0. The van der Waals surface area contributed by atoms with Gasteiger partial charge in [-0.15, -0.1) is 0 Å². The van der Waals surface area contributed by atoms with Gasteiger partial charge < -0.3 is 5.11 Å². The molecule has 0 radical (unpaired) electrons. The molecule has 5 rings (SSSR count). The quantitative estimate of drug-likeness (QED) is 0.494. The van der Waals surface area contributed by atoms with Gasteiger partial charge in [-0.25, -0.2) is 4.39 Å². The molecule has 0 bridgehead atoms. The summed E-state index contributed by atoms with van der Waals surface area (Å²) >= 11 is 0. The summed E-state index contributed by atoms with van der Waals surface area (Å²) in [5, 5.41) is 10.2. The highest BCUT2D eigenvalue weighted by Gasteiger charge is 2.32. The molecule has 1 aliphatic carbocycles. The van der Waals surface area contributed by atoms with Crippen molar-refractivity contribution < 1.29 is 19.1 Å². The minimum absolute atomic E-state index is 0.190. The van der Waals surface area contributed by atoms with Gasteiger partial charge in [-0.2, -0.15) is 0 Å². The molecule has 0 spiro atoms. The number of hydrogen-bond donors (Lipinski definition) is 1. The first-order chi connectivity index (χ1) is 15.0. The molecule has 0 saturated heterocycles. The number of carbonyl (C=O) groups is 2. The van der Waals surface area contributed by atoms with E-state index >= 15 is 0 Å². The number of halogens is 1. The van der Waals surface area contributed by atoms with E-state index in [1.807, 2.05) is 48.5 Å². The second-order valence-corrected chi connectivity index (χ2v) is 7.93. The van der Waals surface area contributed by atoms with Gasteiger partial charge in [0, 0.05) is 22.2 Å². The largest absolute Gasteiger partial charge is 0.481 e. The van der Waals surface area contributed by atoms with Gasteiger partial charge >= 0.3 is 5.97 Å². The Bertz CT molecular complexity index is 1310. The lowest BCUT2D eigenvalue weighted by molar-refractivity contribution is -0.142. The number of aromatic nitrogens is 1. The van der Waals surface area contributed by atoms with Gasteiger partial charge in [-0.05, 0) is 54.7 Å². The Morgan fingerprint density at radius 1 is 0.968 bits per heavy atom. The normalized spacial score (nSPS) is 15.6. The molecule has 1 aliphatic rings. The van der Waals surface area contributed by atoms with Crippen LogP contribution in [0.4, 0.5) is 4.39 Å². The van der Waals surface area contributed by atoms with Gasteiger partial charge in [0.25, 0.3) is 5.91 Å². The molecule has 4 aromatic rings. The number of rotatable bonds is 3. The van der Waals surface area contributed by atoms with Gasteiger partial charge in [0.05, 0.1) is 11.4 Å². The molecule has 4 nitrogen and oxygen atoms in total. The number of aliphatic carboxylic acids is 1. The first-order valence-corrected chi connectivity index (χ1v) is 10.3. The third kappa shape index (κ3) is 3.22. The predicted molar refractivity (Wildman–Crippen MR) is 117 cm³/mol. The number of benzene rings is 3. The molecule has 0 amide bonds. The van der Waals surface area contributed by atoms with Crippen LogP contribution in [0.1, 0.15) is 28.0 Å². The van der Waals surface area contributed by atoms with E-state index in [1.165, 1.54) is 12.1 Å². The lowest BCUT2D eigenvalue weighted by atomic mass is 9.86. The summed E-state index contributed by atoms with van der Waals surface area (Å²) in [6.45, 7) is 0. The third-order valence-electron chi connectivity index (χ3n) is 6.08. The molecule has 1 heterocycles. The molecule has 1 aromatic heterocycles. The van der Waals surface area contributed by atoms with Crippen molar-refractivity contribution in [1.29, 1.82) is 0 Å². The van der Waals surface area contributed by atoms with Crippen molar-refractivity contribution in [2.24, 2.45) is 5.92 Å². The fourth-order valence-electron chi connectivity index (χ4n) is 4.63. The number of carboxylic acids is 1. The smallest absolute Gasteiger partial charge is 0.306 e. The zero-order valence-corrected chi connectivity index (χ0v) is 16.7. The van der Waals surface area contributed by atoms with Gasteiger partial charge in [0.1, 0.15) is 5.82 Å². The standard InChI is InChI=1S/C26H20FNO3/c27-19-14-20(16-7-3-1-4-8-16)24-22(15-19)21-13-18(26(30)31)11-12-23(21)28(24)25(29)17-9-5-2-6-10-17/h1-10,14-15,18H,11-13H2,(H,30,31).